The highest BCUT2D eigenvalue weighted by Gasteiger charge is 2.19. The zero-order valence-electron chi connectivity index (χ0n) is 15.2. The molecule has 0 atom stereocenters. The second kappa shape index (κ2) is 10.5. The minimum atomic E-state index is -0.629. The summed E-state index contributed by atoms with van der Waals surface area (Å²) in [6, 6.07) is 10.2. The van der Waals surface area contributed by atoms with E-state index < -0.39 is 5.97 Å². The van der Waals surface area contributed by atoms with Crippen LogP contribution in [0.15, 0.2) is 41.6 Å². The largest absolute Gasteiger partial charge is 0.489 e. The van der Waals surface area contributed by atoms with Crippen LogP contribution in [0.25, 0.3) is 0 Å². The van der Waals surface area contributed by atoms with Crippen molar-refractivity contribution in [1.82, 2.24) is 0 Å². The summed E-state index contributed by atoms with van der Waals surface area (Å²) in [5.41, 5.74) is 1.23. The van der Waals surface area contributed by atoms with E-state index >= 15 is 0 Å². The van der Waals surface area contributed by atoms with E-state index in [1.54, 1.807) is 36.4 Å². The molecule has 0 heterocycles. The standard InChI is InChI=1S/C20H17Cl2NO5/c1-4-9-27-19-16(21)10-14(11-17(19)22)28-12-13-7-5-6-8-15(13)18(23-26-3)20(24)25-2/h1,5-8,10-11H,9,12H2,2-3H3. The third-order valence-corrected chi connectivity index (χ3v) is 4.06. The first-order chi connectivity index (χ1) is 13.5. The van der Waals surface area contributed by atoms with Crippen LogP contribution in [0, 0.1) is 12.3 Å². The predicted molar refractivity (Wildman–Crippen MR) is 107 cm³/mol. The smallest absolute Gasteiger partial charge is 0.360 e. The van der Waals surface area contributed by atoms with E-state index in [4.69, 9.17) is 48.7 Å². The van der Waals surface area contributed by atoms with Crippen molar-refractivity contribution in [2.45, 2.75) is 6.61 Å². The summed E-state index contributed by atoms with van der Waals surface area (Å²) in [7, 11) is 2.61. The summed E-state index contributed by atoms with van der Waals surface area (Å²) in [6.07, 6.45) is 5.17. The van der Waals surface area contributed by atoms with Crippen molar-refractivity contribution in [3.63, 3.8) is 0 Å². The molecule has 0 unspecified atom stereocenters. The van der Waals surface area contributed by atoms with Gasteiger partial charge < -0.3 is 19.0 Å². The fourth-order valence-corrected chi connectivity index (χ4v) is 2.87. The van der Waals surface area contributed by atoms with Crippen molar-refractivity contribution >= 4 is 34.9 Å². The van der Waals surface area contributed by atoms with Gasteiger partial charge in [0.2, 0.25) is 0 Å². The Morgan fingerprint density at radius 1 is 1.14 bits per heavy atom. The molecule has 0 spiro atoms. The van der Waals surface area contributed by atoms with Gasteiger partial charge in [-0.2, -0.15) is 0 Å². The Balaban J connectivity index is 2.25. The van der Waals surface area contributed by atoms with Crippen LogP contribution in [-0.4, -0.2) is 32.5 Å². The minimum absolute atomic E-state index is 0.0262. The fourth-order valence-electron chi connectivity index (χ4n) is 2.29. The molecule has 2 aromatic rings. The number of ether oxygens (including phenoxy) is 3. The van der Waals surface area contributed by atoms with Gasteiger partial charge in [-0.15, -0.1) is 6.42 Å². The molecule has 0 aliphatic rings. The number of carbonyl (C=O) groups excluding carboxylic acids is 1. The van der Waals surface area contributed by atoms with Crippen LogP contribution < -0.4 is 9.47 Å². The van der Waals surface area contributed by atoms with E-state index in [1.807, 2.05) is 0 Å². The van der Waals surface area contributed by atoms with Crippen LogP contribution in [0.2, 0.25) is 10.0 Å². The molecule has 0 radical (unpaired) electrons. The van der Waals surface area contributed by atoms with Crippen LogP contribution >= 0.6 is 23.2 Å². The van der Waals surface area contributed by atoms with Gasteiger partial charge in [0.05, 0.1) is 17.2 Å². The van der Waals surface area contributed by atoms with E-state index in [9.17, 15) is 4.79 Å². The zero-order chi connectivity index (χ0) is 20.5. The van der Waals surface area contributed by atoms with Crippen LogP contribution in [0.3, 0.4) is 0 Å². The maximum atomic E-state index is 12.0. The molecule has 0 saturated carbocycles. The monoisotopic (exact) mass is 421 g/mol. The number of oxime groups is 1. The number of halogens is 2. The average Bonchev–Trinajstić information content (AvgIpc) is 2.69. The van der Waals surface area contributed by atoms with Gasteiger partial charge in [0.15, 0.2) is 11.5 Å². The first-order valence-electron chi connectivity index (χ1n) is 7.97. The lowest BCUT2D eigenvalue weighted by molar-refractivity contribution is -0.132. The second-order valence-electron chi connectivity index (χ2n) is 5.27. The lowest BCUT2D eigenvalue weighted by Crippen LogP contribution is -2.19. The molecule has 0 aromatic heterocycles. The lowest BCUT2D eigenvalue weighted by atomic mass is 10.0. The Kier molecular flexibility index (Phi) is 8.00. The van der Waals surface area contributed by atoms with Gasteiger partial charge in [0, 0.05) is 17.7 Å². The molecule has 146 valence electrons. The van der Waals surface area contributed by atoms with E-state index in [1.165, 1.54) is 14.2 Å². The van der Waals surface area contributed by atoms with Crippen molar-refractivity contribution in [3.8, 4) is 23.8 Å². The SMILES string of the molecule is C#CCOc1c(Cl)cc(OCc2ccccc2C(=NOC)C(=O)OC)cc1Cl. The molecular weight excluding hydrogens is 405 g/mol. The number of nitrogens with zero attached hydrogens (tertiary/aromatic N) is 1. The Labute approximate surface area is 172 Å². The number of rotatable bonds is 8. The molecule has 28 heavy (non-hydrogen) atoms. The van der Waals surface area contributed by atoms with Crippen molar-refractivity contribution in [2.24, 2.45) is 5.16 Å². The van der Waals surface area contributed by atoms with Gasteiger partial charge in [-0.3, -0.25) is 0 Å². The molecule has 2 aromatic carbocycles. The average molecular weight is 422 g/mol. The van der Waals surface area contributed by atoms with Crippen molar-refractivity contribution < 1.29 is 23.8 Å². The second-order valence-corrected chi connectivity index (χ2v) is 6.08. The van der Waals surface area contributed by atoms with Crippen molar-refractivity contribution in [2.75, 3.05) is 20.8 Å². The number of esters is 1. The molecule has 0 N–H and O–H groups in total. The first-order valence-corrected chi connectivity index (χ1v) is 8.73. The van der Waals surface area contributed by atoms with Crippen LogP contribution in [0.5, 0.6) is 11.5 Å². The molecule has 8 heteroatoms. The summed E-state index contributed by atoms with van der Waals surface area (Å²) in [5, 5.41) is 4.29. The molecular formula is C20H17Cl2NO5. The van der Waals surface area contributed by atoms with Crippen LogP contribution in [0.1, 0.15) is 11.1 Å². The topological polar surface area (TPSA) is 66.3 Å². The number of carbonyl (C=O) groups is 1. The summed E-state index contributed by atoms with van der Waals surface area (Å²) in [6.45, 7) is 0.162. The van der Waals surface area contributed by atoms with Crippen LogP contribution in [0.4, 0.5) is 0 Å². The minimum Gasteiger partial charge on any atom is -0.489 e. The summed E-state index contributed by atoms with van der Waals surface area (Å²) in [4.78, 5) is 16.8. The third kappa shape index (κ3) is 5.32. The molecule has 0 amide bonds. The molecule has 0 bridgehead atoms. The Morgan fingerprint density at radius 3 is 2.43 bits per heavy atom. The van der Waals surface area contributed by atoms with Gasteiger partial charge in [0.1, 0.15) is 26.1 Å². The number of methoxy groups -OCH3 is 1. The quantitative estimate of drug-likeness (QED) is 0.277. The van der Waals surface area contributed by atoms with Gasteiger partial charge in [-0.1, -0.05) is 58.5 Å². The fraction of sp³-hybridized carbons (Fsp3) is 0.200. The molecule has 0 saturated heterocycles. The van der Waals surface area contributed by atoms with Gasteiger partial charge >= 0.3 is 5.97 Å². The van der Waals surface area contributed by atoms with E-state index in [-0.39, 0.29) is 34.7 Å². The first kappa shape index (κ1) is 21.4. The molecule has 0 fully saturated rings. The Morgan fingerprint density at radius 2 is 1.82 bits per heavy atom. The number of hydrogen-bond acceptors (Lipinski definition) is 6. The van der Waals surface area contributed by atoms with E-state index in [0.29, 0.717) is 16.9 Å². The van der Waals surface area contributed by atoms with Gasteiger partial charge in [-0.25, -0.2) is 4.79 Å². The van der Waals surface area contributed by atoms with Crippen LogP contribution in [-0.2, 0) is 21.0 Å². The molecule has 6 nitrogen and oxygen atoms in total. The maximum Gasteiger partial charge on any atom is 0.360 e. The molecule has 2 rings (SSSR count). The molecule has 0 aliphatic heterocycles. The number of hydrogen-bond donors (Lipinski definition) is 0. The van der Waals surface area contributed by atoms with Gasteiger partial charge in [0.25, 0.3) is 0 Å². The van der Waals surface area contributed by atoms with E-state index in [0.717, 1.165) is 0 Å². The van der Waals surface area contributed by atoms with Gasteiger partial charge in [-0.05, 0) is 5.56 Å². The zero-order valence-corrected chi connectivity index (χ0v) is 16.7. The summed E-state index contributed by atoms with van der Waals surface area (Å²) >= 11 is 12.4. The summed E-state index contributed by atoms with van der Waals surface area (Å²) < 4.78 is 15.9. The van der Waals surface area contributed by atoms with E-state index in [2.05, 4.69) is 11.1 Å². The number of terminal acetylenes is 1. The highest BCUT2D eigenvalue weighted by molar-refractivity contribution is 6.43. The highest BCUT2D eigenvalue weighted by atomic mass is 35.5. The normalized spacial score (nSPS) is 10.8. The Bertz CT molecular complexity index is 898. The predicted octanol–water partition coefficient (Wildman–Crippen LogP) is 4.11. The number of benzene rings is 2. The highest BCUT2D eigenvalue weighted by Crippen LogP contribution is 2.37. The lowest BCUT2D eigenvalue weighted by Gasteiger charge is -2.13. The summed E-state index contributed by atoms with van der Waals surface area (Å²) in [5.74, 6) is 2.42. The molecule has 0 aliphatic carbocycles. The Hall–Kier alpha value is -2.88. The maximum absolute atomic E-state index is 12.0. The van der Waals surface area contributed by atoms with Crippen molar-refractivity contribution in [3.05, 3.63) is 57.6 Å². The third-order valence-electron chi connectivity index (χ3n) is 3.50. The van der Waals surface area contributed by atoms with Crippen molar-refractivity contribution in [1.29, 1.82) is 0 Å².